The first-order valence-corrected chi connectivity index (χ1v) is 9.24. The van der Waals surface area contributed by atoms with Gasteiger partial charge >= 0.3 is 6.03 Å². The summed E-state index contributed by atoms with van der Waals surface area (Å²) in [5, 5.41) is 9.30. The van der Waals surface area contributed by atoms with Crippen LogP contribution in [-0.4, -0.2) is 36.4 Å². The zero-order chi connectivity index (χ0) is 22.2. The monoisotopic (exact) mass is 442 g/mol. The summed E-state index contributed by atoms with van der Waals surface area (Å²) in [6.07, 6.45) is 2.60. The molecule has 3 rings (SSSR count). The fourth-order valence-corrected chi connectivity index (χ4v) is 2.65. The van der Waals surface area contributed by atoms with Gasteiger partial charge in [-0.2, -0.15) is 0 Å². The molecule has 1 heterocycles. The van der Waals surface area contributed by atoms with Gasteiger partial charge in [0.15, 0.2) is 0 Å². The first-order chi connectivity index (χ1) is 15.0. The molecule has 0 aliphatic rings. The maximum Gasteiger partial charge on any atom is 0.323 e. The molecule has 0 aliphatic heterocycles. The number of aromatic nitrogens is 2. The number of urea groups is 1. The van der Waals surface area contributed by atoms with Crippen molar-refractivity contribution in [2.24, 2.45) is 5.16 Å². The highest BCUT2D eigenvalue weighted by atomic mass is 35.5. The summed E-state index contributed by atoms with van der Waals surface area (Å²) in [7, 11) is 2.96. The van der Waals surface area contributed by atoms with Crippen LogP contribution in [0.3, 0.4) is 0 Å². The maximum absolute atomic E-state index is 12.2. The molecule has 31 heavy (non-hydrogen) atoms. The third-order valence-electron chi connectivity index (χ3n) is 3.92. The summed E-state index contributed by atoms with van der Waals surface area (Å²) in [6, 6.07) is 11.2. The number of halogens is 1. The van der Waals surface area contributed by atoms with Gasteiger partial charge in [0.1, 0.15) is 36.3 Å². The number of ether oxygens (including phenoxy) is 2. The zero-order valence-corrected chi connectivity index (χ0v) is 17.4. The Hall–Kier alpha value is -4.05. The van der Waals surface area contributed by atoms with E-state index in [1.54, 1.807) is 43.5 Å². The SMILES string of the molecule is CON=Cc1c(N)ncnc1Oc1ccc(NC(=O)Nc2ccc(OC)cc2)c(Cl)c1. The number of nitrogens with zero attached hydrogens (tertiary/aromatic N) is 3. The van der Waals surface area contributed by atoms with Gasteiger partial charge in [-0.25, -0.2) is 14.8 Å². The number of nitrogen functional groups attached to an aromatic ring is 1. The first kappa shape index (κ1) is 21.7. The number of nitrogens with two attached hydrogens (primary N) is 1. The average Bonchev–Trinajstić information content (AvgIpc) is 2.76. The van der Waals surface area contributed by atoms with Crippen LogP contribution in [0.15, 0.2) is 53.9 Å². The Kier molecular flexibility index (Phi) is 7.07. The number of oxime groups is 1. The van der Waals surface area contributed by atoms with Crippen LogP contribution in [0.1, 0.15) is 5.56 Å². The lowest BCUT2D eigenvalue weighted by Crippen LogP contribution is -2.19. The highest BCUT2D eigenvalue weighted by Crippen LogP contribution is 2.31. The van der Waals surface area contributed by atoms with E-state index in [0.29, 0.717) is 28.4 Å². The van der Waals surface area contributed by atoms with Crippen molar-refractivity contribution in [3.05, 3.63) is 59.4 Å². The molecule has 1 aromatic heterocycles. The number of methoxy groups -OCH3 is 1. The van der Waals surface area contributed by atoms with Crippen molar-refractivity contribution in [3.63, 3.8) is 0 Å². The average molecular weight is 443 g/mol. The molecule has 4 N–H and O–H groups in total. The van der Waals surface area contributed by atoms with E-state index in [4.69, 9.17) is 26.8 Å². The Morgan fingerprint density at radius 1 is 1.10 bits per heavy atom. The third-order valence-corrected chi connectivity index (χ3v) is 4.23. The number of hydrogen-bond acceptors (Lipinski definition) is 8. The van der Waals surface area contributed by atoms with Gasteiger partial charge in [0.2, 0.25) is 5.88 Å². The third kappa shape index (κ3) is 5.73. The number of benzene rings is 2. The Morgan fingerprint density at radius 2 is 1.84 bits per heavy atom. The van der Waals surface area contributed by atoms with Gasteiger partial charge in [0.25, 0.3) is 0 Å². The highest BCUT2D eigenvalue weighted by molar-refractivity contribution is 6.34. The predicted octanol–water partition coefficient (Wildman–Crippen LogP) is 4.14. The van der Waals surface area contributed by atoms with Crippen molar-refractivity contribution in [1.82, 2.24) is 9.97 Å². The lowest BCUT2D eigenvalue weighted by molar-refractivity contribution is 0.215. The minimum absolute atomic E-state index is 0.169. The smallest absolute Gasteiger partial charge is 0.323 e. The van der Waals surface area contributed by atoms with E-state index in [1.807, 2.05) is 0 Å². The van der Waals surface area contributed by atoms with Gasteiger partial charge in [-0.15, -0.1) is 0 Å². The summed E-state index contributed by atoms with van der Waals surface area (Å²) in [4.78, 5) is 24.9. The standard InChI is InChI=1S/C20H19ClN6O4/c1-29-13-5-3-12(4-6-13)26-20(28)27-17-8-7-14(9-16(17)21)31-19-15(10-25-30-2)18(22)23-11-24-19/h3-11H,1-2H3,(H2,22,23,24)(H2,26,27,28). The number of rotatable bonds is 7. The lowest BCUT2D eigenvalue weighted by Gasteiger charge is -2.12. The van der Waals surface area contributed by atoms with Crippen molar-refractivity contribution in [2.75, 3.05) is 30.6 Å². The lowest BCUT2D eigenvalue weighted by atomic mass is 10.3. The molecule has 0 bridgehead atoms. The van der Waals surface area contributed by atoms with Gasteiger partial charge in [-0.05, 0) is 36.4 Å². The van der Waals surface area contributed by atoms with Crippen LogP contribution in [-0.2, 0) is 4.84 Å². The molecule has 2 aromatic carbocycles. The molecule has 10 nitrogen and oxygen atoms in total. The first-order valence-electron chi connectivity index (χ1n) is 8.86. The summed E-state index contributed by atoms with van der Waals surface area (Å²) in [5.74, 6) is 1.40. The van der Waals surface area contributed by atoms with Crippen molar-refractivity contribution in [3.8, 4) is 17.4 Å². The Morgan fingerprint density at radius 3 is 2.52 bits per heavy atom. The fourth-order valence-electron chi connectivity index (χ4n) is 2.43. The molecule has 3 aromatic rings. The minimum Gasteiger partial charge on any atom is -0.497 e. The molecule has 0 fully saturated rings. The molecule has 0 saturated carbocycles. The number of carbonyl (C=O) groups is 1. The van der Waals surface area contributed by atoms with E-state index < -0.39 is 6.03 Å². The van der Waals surface area contributed by atoms with Crippen molar-refractivity contribution in [2.45, 2.75) is 0 Å². The molecule has 2 amide bonds. The summed E-state index contributed by atoms with van der Waals surface area (Å²) in [6.45, 7) is 0. The number of carbonyl (C=O) groups excluding carboxylic acids is 1. The number of amides is 2. The largest absolute Gasteiger partial charge is 0.497 e. The summed E-state index contributed by atoms with van der Waals surface area (Å²) >= 11 is 6.29. The van der Waals surface area contributed by atoms with Gasteiger partial charge in [0, 0.05) is 11.8 Å². The van der Waals surface area contributed by atoms with Crippen molar-refractivity contribution < 1.29 is 19.1 Å². The predicted molar refractivity (Wildman–Crippen MR) is 118 cm³/mol. The van der Waals surface area contributed by atoms with Crippen molar-refractivity contribution in [1.29, 1.82) is 0 Å². The van der Waals surface area contributed by atoms with Crippen LogP contribution in [0.25, 0.3) is 0 Å². The molecular formula is C20H19ClN6O4. The molecule has 160 valence electrons. The Labute approximate surface area is 183 Å². The second-order valence-corrected chi connectivity index (χ2v) is 6.35. The van der Waals surface area contributed by atoms with Crippen LogP contribution in [0.4, 0.5) is 22.0 Å². The van der Waals surface area contributed by atoms with E-state index in [0.717, 1.165) is 0 Å². The molecule has 0 atom stereocenters. The maximum atomic E-state index is 12.2. The number of anilines is 3. The second kappa shape index (κ2) is 10.1. The van der Waals surface area contributed by atoms with E-state index in [2.05, 4.69) is 30.6 Å². The normalized spacial score (nSPS) is 10.5. The Balaban J connectivity index is 1.69. The molecule has 0 saturated heterocycles. The fraction of sp³-hybridized carbons (Fsp3) is 0.100. The van der Waals surface area contributed by atoms with Crippen LogP contribution in [0, 0.1) is 0 Å². The summed E-state index contributed by atoms with van der Waals surface area (Å²) < 4.78 is 10.8. The molecule has 0 radical (unpaired) electrons. The van der Waals surface area contributed by atoms with Gasteiger partial charge in [0.05, 0.1) is 24.0 Å². The van der Waals surface area contributed by atoms with Crippen LogP contribution >= 0.6 is 11.6 Å². The summed E-state index contributed by atoms with van der Waals surface area (Å²) in [5.41, 5.74) is 7.18. The van der Waals surface area contributed by atoms with E-state index in [1.165, 1.54) is 25.7 Å². The molecule has 0 spiro atoms. The topological polar surface area (TPSA) is 133 Å². The van der Waals surface area contributed by atoms with Gasteiger partial charge < -0.3 is 30.7 Å². The van der Waals surface area contributed by atoms with Crippen LogP contribution in [0.2, 0.25) is 5.02 Å². The Bertz CT molecular complexity index is 1090. The minimum atomic E-state index is -0.456. The van der Waals surface area contributed by atoms with Crippen molar-refractivity contribution >= 4 is 41.0 Å². The molecule has 11 heteroatoms. The molecule has 0 unspecified atom stereocenters. The number of nitrogens with one attached hydrogen (secondary N) is 2. The van der Waals surface area contributed by atoms with E-state index in [9.17, 15) is 4.79 Å². The molecular weight excluding hydrogens is 424 g/mol. The van der Waals surface area contributed by atoms with Crippen LogP contribution < -0.4 is 25.8 Å². The highest BCUT2D eigenvalue weighted by Gasteiger charge is 2.12. The van der Waals surface area contributed by atoms with Gasteiger partial charge in [-0.3, -0.25) is 0 Å². The quantitative estimate of drug-likeness (QED) is 0.370. The van der Waals surface area contributed by atoms with Gasteiger partial charge in [-0.1, -0.05) is 16.8 Å². The second-order valence-electron chi connectivity index (χ2n) is 5.95. The zero-order valence-electron chi connectivity index (χ0n) is 16.6. The van der Waals surface area contributed by atoms with Crippen LogP contribution in [0.5, 0.6) is 17.4 Å². The molecule has 0 aliphatic carbocycles. The number of hydrogen-bond donors (Lipinski definition) is 3. The van der Waals surface area contributed by atoms with E-state index in [-0.39, 0.29) is 16.7 Å². The van der Waals surface area contributed by atoms with E-state index >= 15 is 0 Å².